The second kappa shape index (κ2) is 7.52. The normalized spacial score (nSPS) is 17.7. The molecule has 0 bridgehead atoms. The molecule has 0 saturated carbocycles. The minimum Gasteiger partial charge on any atom is -0.339 e. The first kappa shape index (κ1) is 16.5. The van der Waals surface area contributed by atoms with Crippen molar-refractivity contribution in [1.29, 1.82) is 0 Å². The van der Waals surface area contributed by atoms with Gasteiger partial charge in [-0.15, -0.1) is 0 Å². The summed E-state index contributed by atoms with van der Waals surface area (Å²) < 4.78 is 1.81. The molecule has 5 nitrogen and oxygen atoms in total. The van der Waals surface area contributed by atoms with Gasteiger partial charge in [0.1, 0.15) is 12.1 Å². The second-order valence-corrected chi connectivity index (χ2v) is 6.70. The van der Waals surface area contributed by atoms with E-state index >= 15 is 0 Å². The molecule has 1 amide bonds. The van der Waals surface area contributed by atoms with Crippen LogP contribution in [0.15, 0.2) is 67.4 Å². The molecule has 1 atom stereocenters. The van der Waals surface area contributed by atoms with Crippen LogP contribution < -0.4 is 0 Å². The van der Waals surface area contributed by atoms with Gasteiger partial charge in [0, 0.05) is 37.2 Å². The molecule has 3 heterocycles. The summed E-state index contributed by atoms with van der Waals surface area (Å²) in [6, 6.07) is 14.3. The van der Waals surface area contributed by atoms with Crippen LogP contribution in [0.25, 0.3) is 5.82 Å². The summed E-state index contributed by atoms with van der Waals surface area (Å²) in [5.74, 6) is 1.33. The summed E-state index contributed by atoms with van der Waals surface area (Å²) in [7, 11) is 0. The summed E-state index contributed by atoms with van der Waals surface area (Å²) in [5.41, 5.74) is 2.06. The van der Waals surface area contributed by atoms with Crippen molar-refractivity contribution in [3.8, 4) is 5.82 Å². The van der Waals surface area contributed by atoms with Crippen LogP contribution in [-0.4, -0.2) is 38.4 Å². The summed E-state index contributed by atoms with van der Waals surface area (Å²) in [5, 5.41) is 0. The zero-order valence-electron chi connectivity index (χ0n) is 14.7. The number of rotatable bonds is 3. The van der Waals surface area contributed by atoms with Gasteiger partial charge in [-0.3, -0.25) is 9.36 Å². The molecule has 0 aliphatic carbocycles. The van der Waals surface area contributed by atoms with Gasteiger partial charge in [0.25, 0.3) is 5.91 Å². The van der Waals surface area contributed by atoms with E-state index < -0.39 is 0 Å². The van der Waals surface area contributed by atoms with E-state index in [1.54, 1.807) is 24.8 Å². The molecule has 1 fully saturated rings. The molecule has 26 heavy (non-hydrogen) atoms. The van der Waals surface area contributed by atoms with Crippen molar-refractivity contribution in [1.82, 2.24) is 19.4 Å². The number of carbonyl (C=O) groups excluding carboxylic acids is 1. The van der Waals surface area contributed by atoms with Crippen molar-refractivity contribution in [2.24, 2.45) is 0 Å². The topological polar surface area (TPSA) is 51.0 Å². The Labute approximate surface area is 153 Å². The van der Waals surface area contributed by atoms with Crippen LogP contribution in [0, 0.1) is 0 Å². The monoisotopic (exact) mass is 346 g/mol. The van der Waals surface area contributed by atoms with Crippen molar-refractivity contribution in [2.75, 3.05) is 13.1 Å². The van der Waals surface area contributed by atoms with Crippen molar-refractivity contribution < 1.29 is 4.79 Å². The first-order valence-corrected chi connectivity index (χ1v) is 9.10. The zero-order valence-corrected chi connectivity index (χ0v) is 14.7. The predicted molar refractivity (Wildman–Crippen MR) is 100 cm³/mol. The Morgan fingerprint density at radius 1 is 1.04 bits per heavy atom. The van der Waals surface area contributed by atoms with Gasteiger partial charge in [0.05, 0.1) is 0 Å². The fourth-order valence-corrected chi connectivity index (χ4v) is 3.63. The number of aromatic nitrogens is 3. The maximum Gasteiger partial charge on any atom is 0.254 e. The SMILES string of the molecule is O=C(c1ccnc(-n2ccnc2)c1)N1CCC[C@@H](c2ccccc2)CC1. The Balaban J connectivity index is 1.48. The number of pyridine rings is 1. The quantitative estimate of drug-likeness (QED) is 0.727. The fraction of sp³-hybridized carbons (Fsp3) is 0.286. The van der Waals surface area contributed by atoms with E-state index in [0.29, 0.717) is 17.3 Å². The lowest BCUT2D eigenvalue weighted by Gasteiger charge is -2.21. The lowest BCUT2D eigenvalue weighted by Crippen LogP contribution is -2.32. The third-order valence-corrected chi connectivity index (χ3v) is 5.05. The van der Waals surface area contributed by atoms with Crippen LogP contribution in [0.3, 0.4) is 0 Å². The molecule has 0 spiro atoms. The van der Waals surface area contributed by atoms with Gasteiger partial charge in [-0.05, 0) is 42.9 Å². The summed E-state index contributed by atoms with van der Waals surface area (Å²) in [4.78, 5) is 23.3. The van der Waals surface area contributed by atoms with Crippen molar-refractivity contribution in [3.63, 3.8) is 0 Å². The third-order valence-electron chi connectivity index (χ3n) is 5.05. The van der Waals surface area contributed by atoms with Gasteiger partial charge in [-0.25, -0.2) is 9.97 Å². The highest BCUT2D eigenvalue weighted by Gasteiger charge is 2.22. The molecule has 0 N–H and O–H groups in total. The van der Waals surface area contributed by atoms with Crippen molar-refractivity contribution in [3.05, 3.63) is 78.5 Å². The molecule has 2 aromatic heterocycles. The highest BCUT2D eigenvalue weighted by atomic mass is 16.2. The molecule has 132 valence electrons. The number of carbonyl (C=O) groups is 1. The number of imidazole rings is 1. The molecule has 1 saturated heterocycles. The van der Waals surface area contributed by atoms with Crippen LogP contribution in [-0.2, 0) is 0 Å². The molecular formula is C21H22N4O. The van der Waals surface area contributed by atoms with Gasteiger partial charge in [0.2, 0.25) is 0 Å². The Morgan fingerprint density at radius 2 is 1.92 bits per heavy atom. The van der Waals surface area contributed by atoms with Crippen molar-refractivity contribution in [2.45, 2.75) is 25.2 Å². The van der Waals surface area contributed by atoms with E-state index in [2.05, 4.69) is 40.3 Å². The molecular weight excluding hydrogens is 324 g/mol. The van der Waals surface area contributed by atoms with Gasteiger partial charge in [-0.1, -0.05) is 30.3 Å². The maximum atomic E-state index is 13.0. The lowest BCUT2D eigenvalue weighted by atomic mass is 9.92. The molecule has 1 aromatic carbocycles. The molecule has 0 radical (unpaired) electrons. The average Bonchev–Trinajstić information content (AvgIpc) is 3.13. The van der Waals surface area contributed by atoms with Gasteiger partial charge >= 0.3 is 0 Å². The highest BCUT2D eigenvalue weighted by Crippen LogP contribution is 2.28. The number of amides is 1. The summed E-state index contributed by atoms with van der Waals surface area (Å²) >= 11 is 0. The second-order valence-electron chi connectivity index (χ2n) is 6.70. The number of benzene rings is 1. The molecule has 5 heteroatoms. The maximum absolute atomic E-state index is 13.0. The number of hydrogen-bond donors (Lipinski definition) is 0. The predicted octanol–water partition coefficient (Wildman–Crippen LogP) is 3.68. The minimum atomic E-state index is 0.0856. The molecule has 3 aromatic rings. The lowest BCUT2D eigenvalue weighted by molar-refractivity contribution is 0.0761. The average molecular weight is 346 g/mol. The van der Waals surface area contributed by atoms with E-state index in [9.17, 15) is 4.79 Å². The highest BCUT2D eigenvalue weighted by molar-refractivity contribution is 5.94. The fourth-order valence-electron chi connectivity index (χ4n) is 3.63. The van der Waals surface area contributed by atoms with E-state index in [1.165, 1.54) is 5.56 Å². The first-order valence-electron chi connectivity index (χ1n) is 9.10. The number of hydrogen-bond acceptors (Lipinski definition) is 3. The van der Waals surface area contributed by atoms with Crippen LogP contribution >= 0.6 is 0 Å². The molecule has 1 aliphatic rings. The van der Waals surface area contributed by atoms with Crippen LogP contribution in [0.5, 0.6) is 0 Å². The largest absolute Gasteiger partial charge is 0.339 e. The standard InChI is InChI=1S/C21H22N4O/c26-21(19-8-10-23-20(15-19)25-14-11-22-16-25)24-12-4-7-18(9-13-24)17-5-2-1-3-6-17/h1-3,5-6,8,10-11,14-16,18H,4,7,9,12-13H2/t18-/m1/s1. The van der Waals surface area contributed by atoms with Crippen molar-refractivity contribution >= 4 is 5.91 Å². The smallest absolute Gasteiger partial charge is 0.254 e. The first-order chi connectivity index (χ1) is 12.8. The van der Waals surface area contributed by atoms with E-state index in [-0.39, 0.29) is 5.91 Å². The number of likely N-dealkylation sites (tertiary alicyclic amines) is 1. The Kier molecular flexibility index (Phi) is 4.78. The van der Waals surface area contributed by atoms with Gasteiger partial charge in [-0.2, -0.15) is 0 Å². The van der Waals surface area contributed by atoms with E-state index in [0.717, 1.165) is 32.4 Å². The Bertz CT molecular complexity index is 861. The summed E-state index contributed by atoms with van der Waals surface area (Å²) in [6.07, 6.45) is 10.1. The zero-order chi connectivity index (χ0) is 17.8. The van der Waals surface area contributed by atoms with Crippen LogP contribution in [0.1, 0.15) is 41.1 Å². The minimum absolute atomic E-state index is 0.0856. The Hall–Kier alpha value is -2.95. The third kappa shape index (κ3) is 3.52. The Morgan fingerprint density at radius 3 is 2.73 bits per heavy atom. The molecule has 4 rings (SSSR count). The van der Waals surface area contributed by atoms with Crippen LogP contribution in [0.4, 0.5) is 0 Å². The number of nitrogens with zero attached hydrogens (tertiary/aromatic N) is 4. The van der Waals surface area contributed by atoms with Gasteiger partial charge in [0.15, 0.2) is 0 Å². The van der Waals surface area contributed by atoms with Gasteiger partial charge < -0.3 is 4.90 Å². The van der Waals surface area contributed by atoms with E-state index in [1.807, 2.05) is 21.7 Å². The molecule has 1 aliphatic heterocycles. The van der Waals surface area contributed by atoms with Crippen LogP contribution in [0.2, 0.25) is 0 Å². The summed E-state index contributed by atoms with van der Waals surface area (Å²) in [6.45, 7) is 1.60. The van der Waals surface area contributed by atoms with E-state index in [4.69, 9.17) is 0 Å². The molecule has 0 unspecified atom stereocenters.